The number of rotatable bonds is 9. The Labute approximate surface area is 215 Å². The second-order valence-corrected chi connectivity index (χ2v) is 9.41. The van der Waals surface area contributed by atoms with E-state index in [0.29, 0.717) is 49.3 Å². The van der Waals surface area contributed by atoms with Crippen molar-refractivity contribution in [2.45, 2.75) is 24.4 Å². The average molecular weight is 507 g/mol. The lowest BCUT2D eigenvalue weighted by Gasteiger charge is -2.60. The van der Waals surface area contributed by atoms with Crippen LogP contribution in [0.15, 0.2) is 24.4 Å². The number of carbonyl (C=O) groups is 3. The van der Waals surface area contributed by atoms with Gasteiger partial charge in [0.25, 0.3) is 0 Å². The minimum atomic E-state index is -0.456. The molecule has 0 aromatic carbocycles. The Bertz CT molecular complexity index is 1250. The van der Waals surface area contributed by atoms with Gasteiger partial charge in [0.05, 0.1) is 29.9 Å². The lowest BCUT2D eigenvalue weighted by atomic mass is 9.63. The number of likely N-dealkylation sites (N-methyl/N-ethyl adjacent to an activating group) is 2. The molecular weight excluding hydrogens is 476 g/mol. The van der Waals surface area contributed by atoms with Gasteiger partial charge in [0.15, 0.2) is 6.29 Å². The van der Waals surface area contributed by atoms with Crippen LogP contribution in [0.5, 0.6) is 0 Å². The standard InChI is InChI=1S/C25H30N8O4/c1-31(2)22(35)14-32(3)25-10-18(11-25)33(23-19(25)6-5-17(15-34)29-23)24(36)30-21-9-20(27-7-8-37-4)16(12-26)13-28-21/h5-6,9,13,15,18H,7-8,10-11,14H2,1-4H3,(H2,27,28,30,36). The minimum absolute atomic E-state index is 0.0266. The first-order valence-corrected chi connectivity index (χ1v) is 11.9. The third-order valence-electron chi connectivity index (χ3n) is 6.96. The first kappa shape index (κ1) is 26.0. The molecule has 12 heteroatoms. The van der Waals surface area contributed by atoms with E-state index in [2.05, 4.69) is 26.7 Å². The van der Waals surface area contributed by atoms with E-state index in [9.17, 15) is 19.6 Å². The predicted octanol–water partition coefficient (Wildman–Crippen LogP) is 1.65. The van der Waals surface area contributed by atoms with Gasteiger partial charge >= 0.3 is 6.03 Å². The number of urea groups is 1. The fourth-order valence-electron chi connectivity index (χ4n) is 4.86. The fourth-order valence-corrected chi connectivity index (χ4v) is 4.86. The largest absolute Gasteiger partial charge is 0.383 e. The number of aldehydes is 1. The van der Waals surface area contributed by atoms with Crippen molar-refractivity contribution in [1.82, 2.24) is 19.8 Å². The zero-order chi connectivity index (χ0) is 26.7. The van der Waals surface area contributed by atoms with Crippen LogP contribution >= 0.6 is 0 Å². The highest BCUT2D eigenvalue weighted by Gasteiger charge is 2.58. The topological polar surface area (TPSA) is 144 Å². The van der Waals surface area contributed by atoms with Crippen LogP contribution in [0.1, 0.15) is 34.5 Å². The summed E-state index contributed by atoms with van der Waals surface area (Å²) in [4.78, 5) is 51.2. The molecular formula is C25H30N8O4. The van der Waals surface area contributed by atoms with Gasteiger partial charge in [-0.05, 0) is 26.0 Å². The van der Waals surface area contributed by atoms with Gasteiger partial charge in [0.2, 0.25) is 5.91 Å². The van der Waals surface area contributed by atoms with Gasteiger partial charge in [0.1, 0.15) is 23.4 Å². The molecule has 0 unspecified atom stereocenters. The highest BCUT2D eigenvalue weighted by atomic mass is 16.5. The third-order valence-corrected chi connectivity index (χ3v) is 6.96. The second-order valence-electron chi connectivity index (χ2n) is 9.41. The van der Waals surface area contributed by atoms with E-state index in [1.54, 1.807) is 43.1 Å². The van der Waals surface area contributed by atoms with Crippen LogP contribution in [-0.4, -0.2) is 92.0 Å². The number of carbonyl (C=O) groups excluding carboxylic acids is 3. The van der Waals surface area contributed by atoms with E-state index < -0.39 is 11.6 Å². The molecule has 1 fully saturated rings. The number of hydrogen-bond acceptors (Lipinski definition) is 9. The number of hydrogen-bond donors (Lipinski definition) is 2. The molecule has 2 N–H and O–H groups in total. The molecule has 0 radical (unpaired) electrons. The molecule has 0 spiro atoms. The van der Waals surface area contributed by atoms with Gasteiger partial charge in [0, 0.05) is 51.6 Å². The molecule has 12 nitrogen and oxygen atoms in total. The highest BCUT2D eigenvalue weighted by Crippen LogP contribution is 2.56. The maximum Gasteiger partial charge on any atom is 0.328 e. The Morgan fingerprint density at radius 1 is 1.32 bits per heavy atom. The summed E-state index contributed by atoms with van der Waals surface area (Å²) < 4.78 is 5.04. The molecule has 1 saturated carbocycles. The molecule has 2 aromatic heterocycles. The van der Waals surface area contributed by atoms with Crippen LogP contribution in [0.2, 0.25) is 0 Å². The first-order chi connectivity index (χ1) is 17.7. The molecule has 1 aliphatic carbocycles. The van der Waals surface area contributed by atoms with Crippen molar-refractivity contribution in [2.24, 2.45) is 0 Å². The Morgan fingerprint density at radius 3 is 2.73 bits per heavy atom. The summed E-state index contributed by atoms with van der Waals surface area (Å²) in [6.45, 7) is 1.14. The molecule has 2 aliphatic heterocycles. The second kappa shape index (κ2) is 10.5. The van der Waals surface area contributed by atoms with E-state index in [1.807, 2.05) is 18.0 Å². The van der Waals surface area contributed by atoms with E-state index >= 15 is 0 Å². The fraction of sp³-hybridized carbons (Fsp3) is 0.440. The molecule has 3 amide bonds. The number of amides is 3. The van der Waals surface area contributed by atoms with E-state index in [0.717, 1.165) is 5.56 Å². The lowest BCUT2D eigenvalue weighted by Crippen LogP contribution is -2.67. The number of methoxy groups -OCH3 is 1. The number of ether oxygens (including phenoxy) is 1. The maximum absolute atomic E-state index is 13.5. The number of nitrogens with zero attached hydrogens (tertiary/aromatic N) is 6. The van der Waals surface area contributed by atoms with E-state index in [1.165, 1.54) is 6.20 Å². The summed E-state index contributed by atoms with van der Waals surface area (Å²) in [5, 5.41) is 15.3. The summed E-state index contributed by atoms with van der Waals surface area (Å²) >= 11 is 0. The first-order valence-electron chi connectivity index (χ1n) is 11.9. The van der Waals surface area contributed by atoms with Crippen molar-refractivity contribution >= 4 is 35.5 Å². The van der Waals surface area contributed by atoms with E-state index in [-0.39, 0.29) is 30.0 Å². The minimum Gasteiger partial charge on any atom is -0.383 e. The molecule has 37 heavy (non-hydrogen) atoms. The van der Waals surface area contributed by atoms with Crippen LogP contribution in [0, 0.1) is 11.3 Å². The summed E-state index contributed by atoms with van der Waals surface area (Å²) in [5.41, 5.74) is 1.41. The Hall–Kier alpha value is -4.08. The summed E-state index contributed by atoms with van der Waals surface area (Å²) in [6, 6.07) is 6.50. The Kier molecular flexibility index (Phi) is 7.37. The summed E-state index contributed by atoms with van der Waals surface area (Å²) in [6.07, 6.45) is 3.28. The van der Waals surface area contributed by atoms with Crippen molar-refractivity contribution < 1.29 is 19.1 Å². The predicted molar refractivity (Wildman–Crippen MR) is 136 cm³/mol. The zero-order valence-electron chi connectivity index (χ0n) is 21.3. The Balaban J connectivity index is 1.62. The normalized spacial score (nSPS) is 19.4. The van der Waals surface area contributed by atoms with Crippen molar-refractivity contribution in [1.29, 1.82) is 5.26 Å². The third kappa shape index (κ3) is 4.83. The summed E-state index contributed by atoms with van der Waals surface area (Å²) in [7, 11) is 6.90. The van der Waals surface area contributed by atoms with Gasteiger partial charge in [-0.25, -0.2) is 14.8 Å². The van der Waals surface area contributed by atoms with Crippen molar-refractivity contribution in [3.8, 4) is 6.07 Å². The number of pyridine rings is 2. The average Bonchev–Trinajstić information content (AvgIpc) is 2.86. The molecule has 3 aliphatic rings. The highest BCUT2D eigenvalue weighted by molar-refractivity contribution is 6.03. The summed E-state index contributed by atoms with van der Waals surface area (Å²) in [5.74, 6) is 0.629. The molecule has 194 valence electrons. The van der Waals surface area contributed by atoms with Gasteiger partial charge in [-0.2, -0.15) is 5.26 Å². The quantitative estimate of drug-likeness (QED) is 0.383. The number of anilines is 3. The maximum atomic E-state index is 13.5. The van der Waals surface area contributed by atoms with E-state index in [4.69, 9.17) is 4.74 Å². The van der Waals surface area contributed by atoms with Crippen LogP contribution in [0.25, 0.3) is 0 Å². The van der Waals surface area contributed by atoms with Crippen molar-refractivity contribution in [3.63, 3.8) is 0 Å². The smallest absolute Gasteiger partial charge is 0.328 e. The van der Waals surface area contributed by atoms with Gasteiger partial charge in [-0.3, -0.25) is 24.7 Å². The molecule has 0 saturated heterocycles. The number of aromatic nitrogens is 2. The molecule has 0 atom stereocenters. The molecule has 2 aromatic rings. The van der Waals surface area contributed by atoms with Crippen LogP contribution in [0.3, 0.4) is 0 Å². The van der Waals surface area contributed by atoms with Gasteiger partial charge in [-0.1, -0.05) is 6.07 Å². The monoisotopic (exact) mass is 506 g/mol. The van der Waals surface area contributed by atoms with Crippen LogP contribution in [-0.2, 0) is 15.1 Å². The lowest BCUT2D eigenvalue weighted by molar-refractivity contribution is -0.132. The molecule has 4 heterocycles. The molecule has 5 rings (SSSR count). The Morgan fingerprint density at radius 2 is 2.08 bits per heavy atom. The van der Waals surface area contributed by atoms with Gasteiger partial charge < -0.3 is 15.0 Å². The molecule has 2 bridgehead atoms. The SMILES string of the molecule is COCCNc1cc(NC(=O)N2c3nc(C=O)ccc3C3(N(C)CC(=O)N(C)C)CC2C3)ncc1C#N. The van der Waals surface area contributed by atoms with Gasteiger partial charge in [-0.15, -0.1) is 0 Å². The van der Waals surface area contributed by atoms with Crippen LogP contribution < -0.4 is 15.5 Å². The number of nitriles is 1. The van der Waals surface area contributed by atoms with Crippen molar-refractivity contribution in [2.75, 3.05) is 63.5 Å². The van der Waals surface area contributed by atoms with Crippen LogP contribution in [0.4, 0.5) is 22.1 Å². The number of nitrogens with one attached hydrogen (secondary N) is 2. The zero-order valence-corrected chi connectivity index (χ0v) is 21.3. The van der Waals surface area contributed by atoms with Crippen molar-refractivity contribution in [3.05, 3.63) is 41.2 Å².